The number of ether oxygens (including phenoxy) is 2. The first-order valence-electron chi connectivity index (χ1n) is 14.8. The third-order valence-corrected chi connectivity index (χ3v) is 9.37. The molecule has 42 heavy (non-hydrogen) atoms. The van der Waals surface area contributed by atoms with Crippen molar-refractivity contribution in [1.82, 2.24) is 10.3 Å². The number of nitrogens with one attached hydrogen (secondary N) is 3. The van der Waals surface area contributed by atoms with Crippen LogP contribution in [0.3, 0.4) is 0 Å². The lowest BCUT2D eigenvalue weighted by Gasteiger charge is -2.24. The van der Waals surface area contributed by atoms with E-state index in [1.54, 1.807) is 25.4 Å². The average Bonchev–Trinajstić information content (AvgIpc) is 3.80. The molecule has 1 aliphatic carbocycles. The molecule has 1 saturated heterocycles. The van der Waals surface area contributed by atoms with E-state index in [4.69, 9.17) is 9.47 Å². The second kappa shape index (κ2) is 12.8. The first kappa shape index (κ1) is 30.0. The molecule has 1 saturated carbocycles. The lowest BCUT2D eigenvalue weighted by Crippen LogP contribution is -2.28. The van der Waals surface area contributed by atoms with Crippen LogP contribution in [-0.4, -0.2) is 40.5 Å². The third-order valence-electron chi connectivity index (χ3n) is 7.87. The fourth-order valence-corrected chi connectivity index (χ4v) is 6.21. The molecule has 1 atom stereocenters. The van der Waals surface area contributed by atoms with Crippen LogP contribution in [0.2, 0.25) is 0 Å². The summed E-state index contributed by atoms with van der Waals surface area (Å²) in [7, 11) is 0.343. The van der Waals surface area contributed by atoms with Crippen LogP contribution in [0.4, 0.5) is 11.4 Å². The SMILES string of the molecule is COc1c(NC(=O)c2ccc(C)c(Oc3ccnc(CC4CCNCC4)c3)c2)cc(C(C)(C)C)cc1NS(=O)C1CC1. The van der Waals surface area contributed by atoms with E-state index in [-0.39, 0.29) is 16.6 Å². The Labute approximate surface area is 251 Å². The van der Waals surface area contributed by atoms with Crippen LogP contribution in [0.1, 0.15) is 73.6 Å². The van der Waals surface area contributed by atoms with Gasteiger partial charge in [0.05, 0.1) is 23.7 Å². The normalized spacial score (nSPS) is 16.5. The first-order chi connectivity index (χ1) is 20.1. The van der Waals surface area contributed by atoms with Crippen molar-refractivity contribution in [2.75, 3.05) is 30.2 Å². The van der Waals surface area contributed by atoms with Crippen LogP contribution in [0, 0.1) is 12.8 Å². The molecule has 8 nitrogen and oxygen atoms in total. The molecule has 1 amide bonds. The molecule has 0 radical (unpaired) electrons. The largest absolute Gasteiger partial charge is 0.492 e. The predicted octanol–water partition coefficient (Wildman–Crippen LogP) is 6.52. The van der Waals surface area contributed by atoms with Gasteiger partial charge in [-0.05, 0) is 105 Å². The molecular weight excluding hydrogens is 548 g/mol. The molecule has 224 valence electrons. The monoisotopic (exact) mass is 590 g/mol. The van der Waals surface area contributed by atoms with Crippen LogP contribution < -0.4 is 24.8 Å². The number of hydrogen-bond donors (Lipinski definition) is 3. The Hall–Kier alpha value is -3.43. The molecule has 1 unspecified atom stereocenters. The minimum Gasteiger partial charge on any atom is -0.492 e. The van der Waals surface area contributed by atoms with E-state index in [0.29, 0.717) is 40.1 Å². The zero-order chi connectivity index (χ0) is 29.9. The fourth-order valence-electron chi connectivity index (χ4n) is 5.11. The quantitative estimate of drug-likeness (QED) is 0.249. The van der Waals surface area contributed by atoms with Crippen LogP contribution >= 0.6 is 0 Å². The van der Waals surface area contributed by atoms with Crippen molar-refractivity contribution >= 4 is 28.3 Å². The highest BCUT2D eigenvalue weighted by atomic mass is 32.2. The number of aryl methyl sites for hydroxylation is 1. The van der Waals surface area contributed by atoms with Crippen molar-refractivity contribution in [3.8, 4) is 17.2 Å². The molecule has 2 fully saturated rings. The smallest absolute Gasteiger partial charge is 0.255 e. The summed E-state index contributed by atoms with van der Waals surface area (Å²) in [5, 5.41) is 6.60. The van der Waals surface area contributed by atoms with Crippen molar-refractivity contribution < 1.29 is 18.5 Å². The second-order valence-corrected chi connectivity index (χ2v) is 13.8. The van der Waals surface area contributed by atoms with E-state index >= 15 is 0 Å². The van der Waals surface area contributed by atoms with Gasteiger partial charge in [-0.15, -0.1) is 0 Å². The second-order valence-electron chi connectivity index (χ2n) is 12.4. The predicted molar refractivity (Wildman–Crippen MR) is 169 cm³/mol. The molecule has 1 aromatic heterocycles. The standard InChI is InChI=1S/C33H42N4O4S/c1-21-6-7-23(17-30(21)41-26-12-15-35-25(20-26)16-22-10-13-34-14-11-22)32(38)36-28-18-24(33(2,3)4)19-29(31(28)40-5)37-42(39)27-8-9-27/h6-7,12,15,17-20,22,27,34,37H,8-11,13-14,16H2,1-5H3,(H,36,38). The van der Waals surface area contributed by atoms with E-state index in [1.165, 1.54) is 0 Å². The number of amides is 1. The summed E-state index contributed by atoms with van der Waals surface area (Å²) in [5.74, 6) is 2.10. The van der Waals surface area contributed by atoms with Gasteiger partial charge in [0.25, 0.3) is 5.91 Å². The summed E-state index contributed by atoms with van der Waals surface area (Å²) in [6, 6.07) is 13.2. The van der Waals surface area contributed by atoms with E-state index in [9.17, 15) is 9.00 Å². The fraction of sp³-hybridized carbons (Fsp3) is 0.455. The minimum absolute atomic E-state index is 0.151. The Bertz CT molecular complexity index is 1460. The maximum atomic E-state index is 13.6. The molecule has 2 aromatic carbocycles. The highest BCUT2D eigenvalue weighted by molar-refractivity contribution is 7.87. The molecule has 3 N–H and O–H groups in total. The summed E-state index contributed by atoms with van der Waals surface area (Å²) in [5.41, 5.74) is 4.30. The van der Waals surface area contributed by atoms with Gasteiger partial charge in [0.2, 0.25) is 0 Å². The summed E-state index contributed by atoms with van der Waals surface area (Å²) in [6.45, 7) is 10.4. The lowest BCUT2D eigenvalue weighted by atomic mass is 9.86. The Balaban J connectivity index is 1.36. The number of piperidine rings is 1. The van der Waals surface area contributed by atoms with Gasteiger partial charge in [0.15, 0.2) is 5.75 Å². The first-order valence-corrected chi connectivity index (χ1v) is 16.0. The van der Waals surface area contributed by atoms with Gasteiger partial charge in [0, 0.05) is 23.5 Å². The molecule has 9 heteroatoms. The van der Waals surface area contributed by atoms with Crippen molar-refractivity contribution in [3.05, 3.63) is 71.0 Å². The zero-order valence-corrected chi connectivity index (χ0v) is 26.0. The number of carbonyl (C=O) groups excluding carboxylic acids is 1. The molecule has 0 spiro atoms. The van der Waals surface area contributed by atoms with Crippen LogP contribution in [0.5, 0.6) is 17.2 Å². The highest BCUT2D eigenvalue weighted by Gasteiger charge is 2.30. The third kappa shape index (κ3) is 7.50. The van der Waals surface area contributed by atoms with Gasteiger partial charge in [0.1, 0.15) is 22.5 Å². The number of hydrogen-bond acceptors (Lipinski definition) is 6. The molecule has 5 rings (SSSR count). The number of rotatable bonds is 10. The summed E-state index contributed by atoms with van der Waals surface area (Å²) < 4.78 is 27.9. The number of benzene rings is 2. The van der Waals surface area contributed by atoms with Crippen LogP contribution in [-0.2, 0) is 22.8 Å². The molecule has 2 heterocycles. The highest BCUT2D eigenvalue weighted by Crippen LogP contribution is 2.40. The van der Waals surface area contributed by atoms with Gasteiger partial charge in [-0.1, -0.05) is 26.8 Å². The number of carbonyl (C=O) groups is 1. The maximum absolute atomic E-state index is 13.6. The van der Waals surface area contributed by atoms with Gasteiger partial charge in [-0.25, -0.2) is 4.21 Å². The lowest BCUT2D eigenvalue weighted by molar-refractivity contribution is 0.102. The average molecular weight is 591 g/mol. The number of pyridine rings is 1. The molecule has 0 bridgehead atoms. The van der Waals surface area contributed by atoms with Gasteiger partial charge >= 0.3 is 0 Å². The molecule has 2 aliphatic rings. The van der Waals surface area contributed by atoms with E-state index in [2.05, 4.69) is 41.1 Å². The van der Waals surface area contributed by atoms with E-state index in [0.717, 1.165) is 62.0 Å². The summed E-state index contributed by atoms with van der Waals surface area (Å²) in [6.07, 6.45) is 6.92. The molecule has 3 aromatic rings. The van der Waals surface area contributed by atoms with Crippen LogP contribution in [0.25, 0.3) is 0 Å². The Morgan fingerprint density at radius 1 is 1.05 bits per heavy atom. The van der Waals surface area contributed by atoms with Crippen molar-refractivity contribution in [2.24, 2.45) is 5.92 Å². The summed E-state index contributed by atoms with van der Waals surface area (Å²) >= 11 is 0. The van der Waals surface area contributed by atoms with E-state index < -0.39 is 11.0 Å². The summed E-state index contributed by atoms with van der Waals surface area (Å²) in [4.78, 5) is 18.1. The van der Waals surface area contributed by atoms with Crippen molar-refractivity contribution in [1.29, 1.82) is 0 Å². The minimum atomic E-state index is -1.21. The Morgan fingerprint density at radius 3 is 2.48 bits per heavy atom. The topological polar surface area (TPSA) is 102 Å². The number of nitrogens with zero attached hydrogens (tertiary/aromatic N) is 1. The van der Waals surface area contributed by atoms with Crippen LogP contribution in [0.15, 0.2) is 48.7 Å². The van der Waals surface area contributed by atoms with Crippen molar-refractivity contribution in [3.63, 3.8) is 0 Å². The van der Waals surface area contributed by atoms with Gasteiger partial charge < -0.3 is 24.8 Å². The van der Waals surface area contributed by atoms with Crippen molar-refractivity contribution in [2.45, 2.75) is 70.5 Å². The number of aromatic nitrogens is 1. The Kier molecular flexibility index (Phi) is 9.18. The maximum Gasteiger partial charge on any atom is 0.255 e. The molecular formula is C33H42N4O4S. The number of methoxy groups -OCH3 is 1. The zero-order valence-electron chi connectivity index (χ0n) is 25.2. The van der Waals surface area contributed by atoms with Gasteiger partial charge in [-0.3, -0.25) is 9.78 Å². The number of anilines is 2. The van der Waals surface area contributed by atoms with Gasteiger partial charge in [-0.2, -0.15) is 0 Å². The Morgan fingerprint density at radius 2 is 1.79 bits per heavy atom. The molecule has 1 aliphatic heterocycles. The van der Waals surface area contributed by atoms with E-state index in [1.807, 2.05) is 37.3 Å².